The van der Waals surface area contributed by atoms with E-state index in [4.69, 9.17) is 15.3 Å². The molecule has 1 aliphatic heterocycles. The summed E-state index contributed by atoms with van der Waals surface area (Å²) in [5.74, 6) is 0.0962. The van der Waals surface area contributed by atoms with Gasteiger partial charge in [-0.3, -0.25) is 4.79 Å². The van der Waals surface area contributed by atoms with E-state index in [-0.39, 0.29) is 18.4 Å². The number of halogens is 1. The number of piperidine rings is 1. The number of hydrogen-bond donors (Lipinski definition) is 1. The monoisotopic (exact) mass is 392 g/mol. The smallest absolute Gasteiger partial charge is 0.223 e. The number of benzene rings is 2. The Morgan fingerprint density at radius 1 is 1.17 bits per heavy atom. The topological polar surface area (TPSA) is 89.2 Å². The quantitative estimate of drug-likeness (QED) is 0.816. The van der Waals surface area contributed by atoms with E-state index in [0.717, 1.165) is 5.56 Å². The highest BCUT2D eigenvalue weighted by Gasteiger charge is 2.26. The average Bonchev–Trinajstić information content (AvgIpc) is 2.76. The van der Waals surface area contributed by atoms with Crippen molar-refractivity contribution in [3.05, 3.63) is 59.4 Å². The number of hydrogen-bond acceptors (Lipinski definition) is 5. The van der Waals surface area contributed by atoms with E-state index in [1.54, 1.807) is 24.3 Å². The SMILES string of the molecule is N#CCOc1ccc(CNC(=O)C2CCN(c3ccc(C#N)cc3F)CC2)cc1. The molecule has 0 aromatic heterocycles. The largest absolute Gasteiger partial charge is 0.479 e. The second-order valence-electron chi connectivity index (χ2n) is 6.85. The third-order valence-corrected chi connectivity index (χ3v) is 4.98. The van der Waals surface area contributed by atoms with Crippen LogP contribution in [-0.2, 0) is 11.3 Å². The first kappa shape index (κ1) is 20.2. The molecular weight excluding hydrogens is 371 g/mol. The van der Waals surface area contributed by atoms with Crippen LogP contribution in [0.5, 0.6) is 5.75 Å². The number of carbonyl (C=O) groups is 1. The van der Waals surface area contributed by atoms with Gasteiger partial charge < -0.3 is 15.0 Å². The van der Waals surface area contributed by atoms with Crippen LogP contribution < -0.4 is 15.0 Å². The maximum Gasteiger partial charge on any atom is 0.223 e. The number of carbonyl (C=O) groups excluding carboxylic acids is 1. The molecule has 1 fully saturated rings. The van der Waals surface area contributed by atoms with Crippen molar-refractivity contribution in [1.29, 1.82) is 10.5 Å². The molecule has 0 aliphatic carbocycles. The number of nitriles is 2. The van der Waals surface area contributed by atoms with Gasteiger partial charge in [0.25, 0.3) is 0 Å². The fourth-order valence-electron chi connectivity index (χ4n) is 3.37. The predicted molar refractivity (Wildman–Crippen MR) is 105 cm³/mol. The first-order chi connectivity index (χ1) is 14.1. The average molecular weight is 392 g/mol. The van der Waals surface area contributed by atoms with Gasteiger partial charge in [-0.15, -0.1) is 0 Å². The molecule has 7 heteroatoms. The Labute approximate surface area is 169 Å². The number of nitrogens with zero attached hydrogens (tertiary/aromatic N) is 3. The van der Waals surface area contributed by atoms with Gasteiger partial charge in [0.05, 0.1) is 17.3 Å². The van der Waals surface area contributed by atoms with E-state index < -0.39 is 5.82 Å². The Bertz CT molecular complexity index is 939. The van der Waals surface area contributed by atoms with E-state index in [2.05, 4.69) is 5.32 Å². The molecular formula is C22H21FN4O2. The predicted octanol–water partition coefficient (Wildman–Crippen LogP) is 3.13. The molecule has 1 saturated heterocycles. The summed E-state index contributed by atoms with van der Waals surface area (Å²) in [5.41, 5.74) is 1.71. The summed E-state index contributed by atoms with van der Waals surface area (Å²) in [6, 6.07) is 15.5. The maximum absolute atomic E-state index is 14.2. The lowest BCUT2D eigenvalue weighted by molar-refractivity contribution is -0.125. The van der Waals surface area contributed by atoms with Crippen molar-refractivity contribution in [2.75, 3.05) is 24.6 Å². The minimum absolute atomic E-state index is 0.00114. The van der Waals surface area contributed by atoms with E-state index >= 15 is 0 Å². The molecule has 1 N–H and O–H groups in total. The lowest BCUT2D eigenvalue weighted by Gasteiger charge is -2.33. The number of amides is 1. The van der Waals surface area contributed by atoms with E-state index in [9.17, 15) is 9.18 Å². The molecule has 2 aromatic rings. The van der Waals surface area contributed by atoms with Crippen LogP contribution in [0.1, 0.15) is 24.0 Å². The van der Waals surface area contributed by atoms with Crippen LogP contribution in [0.3, 0.4) is 0 Å². The van der Waals surface area contributed by atoms with Gasteiger partial charge in [0.15, 0.2) is 6.61 Å². The molecule has 29 heavy (non-hydrogen) atoms. The van der Waals surface area contributed by atoms with E-state index in [1.165, 1.54) is 6.07 Å². The van der Waals surface area contributed by atoms with Gasteiger partial charge in [-0.2, -0.15) is 10.5 Å². The first-order valence-electron chi connectivity index (χ1n) is 9.41. The Kier molecular flexibility index (Phi) is 6.65. The minimum Gasteiger partial charge on any atom is -0.479 e. The summed E-state index contributed by atoms with van der Waals surface area (Å²) >= 11 is 0. The lowest BCUT2D eigenvalue weighted by atomic mass is 9.95. The number of anilines is 1. The normalized spacial score (nSPS) is 14.0. The zero-order chi connectivity index (χ0) is 20.6. The van der Waals surface area contributed by atoms with Crippen LogP contribution in [0.25, 0.3) is 0 Å². The first-order valence-corrected chi connectivity index (χ1v) is 9.41. The van der Waals surface area contributed by atoms with Crippen molar-refractivity contribution in [3.8, 4) is 17.9 Å². The standard InChI is InChI=1S/C22H21FN4O2/c23-20-13-17(14-25)3-6-21(20)27-10-7-18(8-11-27)22(28)26-15-16-1-4-19(5-2-16)29-12-9-24/h1-6,13,18H,7-8,10-12,15H2,(H,26,28). The van der Waals surface area contributed by atoms with Crippen molar-refractivity contribution >= 4 is 11.6 Å². The fraction of sp³-hybridized carbons (Fsp3) is 0.318. The summed E-state index contributed by atoms with van der Waals surface area (Å²) in [7, 11) is 0. The zero-order valence-corrected chi connectivity index (χ0v) is 15.9. The van der Waals surface area contributed by atoms with Crippen molar-refractivity contribution in [2.24, 2.45) is 5.92 Å². The van der Waals surface area contributed by atoms with Gasteiger partial charge in [-0.05, 0) is 48.7 Å². The molecule has 0 saturated carbocycles. The molecule has 0 spiro atoms. The summed E-state index contributed by atoms with van der Waals surface area (Å²) < 4.78 is 19.4. The summed E-state index contributed by atoms with van der Waals surface area (Å²) in [5, 5.41) is 20.3. The van der Waals surface area contributed by atoms with Crippen LogP contribution in [0.2, 0.25) is 0 Å². The molecule has 0 atom stereocenters. The summed E-state index contributed by atoms with van der Waals surface area (Å²) in [6.45, 7) is 1.60. The highest BCUT2D eigenvalue weighted by molar-refractivity contribution is 5.79. The highest BCUT2D eigenvalue weighted by Crippen LogP contribution is 2.26. The van der Waals surface area contributed by atoms with Crippen molar-refractivity contribution in [3.63, 3.8) is 0 Å². The highest BCUT2D eigenvalue weighted by atomic mass is 19.1. The fourth-order valence-corrected chi connectivity index (χ4v) is 3.37. The van der Waals surface area contributed by atoms with Crippen LogP contribution in [-0.4, -0.2) is 25.6 Å². The summed E-state index contributed by atoms with van der Waals surface area (Å²) in [4.78, 5) is 14.4. The number of ether oxygens (including phenoxy) is 1. The van der Waals surface area contributed by atoms with E-state index in [0.29, 0.717) is 49.5 Å². The second-order valence-corrected chi connectivity index (χ2v) is 6.85. The van der Waals surface area contributed by atoms with Crippen LogP contribution in [0.15, 0.2) is 42.5 Å². The summed E-state index contributed by atoms with van der Waals surface area (Å²) in [6.07, 6.45) is 1.29. The Morgan fingerprint density at radius 3 is 2.52 bits per heavy atom. The molecule has 148 valence electrons. The van der Waals surface area contributed by atoms with Crippen molar-refractivity contribution in [1.82, 2.24) is 5.32 Å². The molecule has 1 heterocycles. The van der Waals surface area contributed by atoms with Gasteiger partial charge in [-0.1, -0.05) is 12.1 Å². The lowest BCUT2D eigenvalue weighted by Crippen LogP contribution is -2.40. The van der Waals surface area contributed by atoms with Crippen LogP contribution in [0.4, 0.5) is 10.1 Å². The molecule has 1 aliphatic rings. The zero-order valence-electron chi connectivity index (χ0n) is 15.9. The third kappa shape index (κ3) is 5.24. The van der Waals surface area contributed by atoms with E-state index in [1.807, 2.05) is 29.2 Å². The third-order valence-electron chi connectivity index (χ3n) is 4.98. The van der Waals surface area contributed by atoms with Gasteiger partial charge in [0.2, 0.25) is 5.91 Å². The number of nitrogens with one attached hydrogen (secondary N) is 1. The van der Waals surface area contributed by atoms with Crippen LogP contribution in [0, 0.1) is 34.4 Å². The molecule has 3 rings (SSSR count). The molecule has 2 aromatic carbocycles. The maximum atomic E-state index is 14.2. The minimum atomic E-state index is -0.408. The van der Waals surface area contributed by atoms with Gasteiger partial charge >= 0.3 is 0 Å². The van der Waals surface area contributed by atoms with Gasteiger partial charge in [-0.25, -0.2) is 4.39 Å². The Morgan fingerprint density at radius 2 is 1.90 bits per heavy atom. The molecule has 0 radical (unpaired) electrons. The molecule has 1 amide bonds. The van der Waals surface area contributed by atoms with Crippen LogP contribution >= 0.6 is 0 Å². The van der Waals surface area contributed by atoms with Gasteiger partial charge in [0, 0.05) is 25.6 Å². The number of rotatable bonds is 6. The van der Waals surface area contributed by atoms with Gasteiger partial charge in [0.1, 0.15) is 17.6 Å². The van der Waals surface area contributed by atoms with Crippen molar-refractivity contribution in [2.45, 2.75) is 19.4 Å². The molecule has 0 bridgehead atoms. The van der Waals surface area contributed by atoms with Crippen molar-refractivity contribution < 1.29 is 13.9 Å². The second kappa shape index (κ2) is 9.57. The molecule has 0 unspecified atom stereocenters. The molecule has 6 nitrogen and oxygen atoms in total. The Hall–Kier alpha value is -3.58. The Balaban J connectivity index is 1.48.